The number of halogens is 1. The third-order valence-corrected chi connectivity index (χ3v) is 5.82. The molecule has 0 saturated carbocycles. The molecule has 1 fully saturated rings. The normalized spacial score (nSPS) is 18.8. The van der Waals surface area contributed by atoms with Crippen molar-refractivity contribution < 1.29 is 23.4 Å². The quantitative estimate of drug-likeness (QED) is 0.696. The van der Waals surface area contributed by atoms with Gasteiger partial charge >= 0.3 is 6.03 Å². The summed E-state index contributed by atoms with van der Waals surface area (Å²) in [4.78, 5) is 12.4. The molecule has 7 nitrogen and oxygen atoms in total. The van der Waals surface area contributed by atoms with Crippen LogP contribution in [0.5, 0.6) is 17.2 Å². The van der Waals surface area contributed by atoms with Gasteiger partial charge in [-0.1, -0.05) is 12.1 Å². The van der Waals surface area contributed by atoms with E-state index in [0.29, 0.717) is 40.0 Å². The fraction of sp³-hybridized carbons (Fsp3) is 0.409. The zero-order valence-electron chi connectivity index (χ0n) is 17.3. The number of hydrogen-bond donors (Lipinski definition) is 3. The molecule has 3 N–H and O–H groups in total. The zero-order chi connectivity index (χ0) is 21.3. The van der Waals surface area contributed by atoms with Crippen LogP contribution in [0.1, 0.15) is 41.5 Å². The topological polar surface area (TPSA) is 80.8 Å². The summed E-state index contributed by atoms with van der Waals surface area (Å²) < 4.78 is 31.5. The van der Waals surface area contributed by atoms with Crippen molar-refractivity contribution in [1.29, 1.82) is 0 Å². The van der Waals surface area contributed by atoms with E-state index in [9.17, 15) is 4.79 Å². The predicted molar refractivity (Wildman–Crippen MR) is 111 cm³/mol. The number of methoxy groups -OCH3 is 3. The molecule has 2 amide bonds. The van der Waals surface area contributed by atoms with E-state index in [1.54, 1.807) is 6.07 Å². The number of nitrogens with one attached hydrogen (secondary N) is 3. The number of amides is 2. The van der Waals surface area contributed by atoms with Crippen molar-refractivity contribution in [3.63, 3.8) is 0 Å². The highest BCUT2D eigenvalue weighted by Crippen LogP contribution is 2.49. The lowest BCUT2D eigenvalue weighted by atomic mass is 9.86. The van der Waals surface area contributed by atoms with Crippen LogP contribution >= 0.6 is 0 Å². The molecule has 2 aliphatic heterocycles. The predicted octanol–water partition coefficient (Wildman–Crippen LogP) is 3.54. The molecule has 30 heavy (non-hydrogen) atoms. The molecule has 1 saturated heterocycles. The first kappa shape index (κ1) is 20.3. The molecule has 1 atom stereocenters. The maximum atomic E-state index is 15.0. The van der Waals surface area contributed by atoms with Crippen molar-refractivity contribution in [1.82, 2.24) is 10.6 Å². The van der Waals surface area contributed by atoms with E-state index in [1.807, 2.05) is 12.1 Å². The number of hydrogen-bond acceptors (Lipinski definition) is 5. The average Bonchev–Trinajstić information content (AvgIpc) is 2.78. The Morgan fingerprint density at radius 1 is 1.00 bits per heavy atom. The van der Waals surface area contributed by atoms with Gasteiger partial charge in [-0.05, 0) is 43.5 Å². The van der Waals surface area contributed by atoms with Gasteiger partial charge in [-0.2, -0.15) is 0 Å². The largest absolute Gasteiger partial charge is 0.493 e. The minimum absolute atomic E-state index is 0.356. The summed E-state index contributed by atoms with van der Waals surface area (Å²) in [7, 11) is 4.52. The van der Waals surface area contributed by atoms with Crippen molar-refractivity contribution >= 4 is 11.7 Å². The Kier molecular flexibility index (Phi) is 5.67. The number of carbonyl (C=O) groups excluding carboxylic acids is 1. The third kappa shape index (κ3) is 3.52. The second-order valence-corrected chi connectivity index (χ2v) is 7.44. The van der Waals surface area contributed by atoms with E-state index < -0.39 is 12.1 Å². The molecular formula is C22H26FN3O4. The smallest absolute Gasteiger partial charge is 0.320 e. The van der Waals surface area contributed by atoms with Crippen LogP contribution in [0, 0.1) is 5.82 Å². The molecular weight excluding hydrogens is 389 g/mol. The molecule has 2 aliphatic rings. The number of ether oxygens (including phenoxy) is 3. The first-order valence-corrected chi connectivity index (χ1v) is 9.97. The lowest BCUT2D eigenvalue weighted by Gasteiger charge is -2.31. The molecule has 1 unspecified atom stereocenters. The van der Waals surface area contributed by atoms with Crippen molar-refractivity contribution in [2.45, 2.75) is 24.8 Å². The number of anilines is 1. The maximum absolute atomic E-state index is 15.0. The van der Waals surface area contributed by atoms with Gasteiger partial charge in [0.25, 0.3) is 0 Å². The van der Waals surface area contributed by atoms with Crippen LogP contribution in [-0.2, 0) is 0 Å². The third-order valence-electron chi connectivity index (χ3n) is 5.82. The molecule has 0 aromatic heterocycles. The van der Waals surface area contributed by atoms with Crippen LogP contribution in [0.4, 0.5) is 14.9 Å². The average molecular weight is 415 g/mol. The Bertz CT molecular complexity index is 960. The van der Waals surface area contributed by atoms with Crippen LogP contribution < -0.4 is 30.2 Å². The Balaban J connectivity index is 1.86. The Morgan fingerprint density at radius 2 is 1.73 bits per heavy atom. The van der Waals surface area contributed by atoms with E-state index in [0.717, 1.165) is 31.5 Å². The van der Waals surface area contributed by atoms with Gasteiger partial charge in [0, 0.05) is 17.2 Å². The molecule has 0 bridgehead atoms. The summed E-state index contributed by atoms with van der Waals surface area (Å²) in [6.07, 6.45) is 1.99. The fourth-order valence-electron chi connectivity index (χ4n) is 4.36. The Hall–Kier alpha value is -3.00. The number of piperidine rings is 1. The molecule has 0 spiro atoms. The van der Waals surface area contributed by atoms with Crippen molar-refractivity contribution in [2.75, 3.05) is 39.7 Å². The molecule has 160 valence electrons. The Labute approximate surface area is 174 Å². The van der Waals surface area contributed by atoms with Gasteiger partial charge in [0.2, 0.25) is 5.75 Å². The summed E-state index contributed by atoms with van der Waals surface area (Å²) >= 11 is 0. The van der Waals surface area contributed by atoms with Crippen LogP contribution in [0.25, 0.3) is 0 Å². The lowest BCUT2D eigenvalue weighted by Crippen LogP contribution is -2.39. The standard InChI is InChI=1S/C22H26FN3O4/c1-28-17-11-16-18(21(30-3)20(17)29-2)19(26-22(27)25-16)14-10-13(4-5-15(14)23)12-6-8-24-9-7-12/h4-5,10-12,19,24H,6-9H2,1-3H3,(H2,25,26,27). The van der Waals surface area contributed by atoms with E-state index in [2.05, 4.69) is 16.0 Å². The van der Waals surface area contributed by atoms with Crippen LogP contribution in [0.2, 0.25) is 0 Å². The number of urea groups is 1. The highest BCUT2D eigenvalue weighted by molar-refractivity contribution is 5.95. The van der Waals surface area contributed by atoms with Gasteiger partial charge in [-0.25, -0.2) is 9.18 Å². The van der Waals surface area contributed by atoms with Crippen LogP contribution in [0.3, 0.4) is 0 Å². The van der Waals surface area contributed by atoms with Gasteiger partial charge in [-0.15, -0.1) is 0 Å². The van der Waals surface area contributed by atoms with Gasteiger partial charge < -0.3 is 30.2 Å². The van der Waals surface area contributed by atoms with Crippen molar-refractivity contribution in [2.24, 2.45) is 0 Å². The second-order valence-electron chi connectivity index (χ2n) is 7.44. The minimum atomic E-state index is -0.731. The van der Waals surface area contributed by atoms with Crippen LogP contribution in [-0.4, -0.2) is 40.5 Å². The molecule has 4 rings (SSSR count). The summed E-state index contributed by atoms with van der Waals surface area (Å²) in [6.45, 7) is 1.88. The lowest BCUT2D eigenvalue weighted by molar-refractivity contribution is 0.248. The summed E-state index contributed by atoms with van der Waals surface area (Å²) in [5.74, 6) is 1.16. The first-order chi connectivity index (χ1) is 14.6. The van der Waals surface area contributed by atoms with Gasteiger partial charge in [0.05, 0.1) is 33.1 Å². The van der Waals surface area contributed by atoms with E-state index in [1.165, 1.54) is 27.4 Å². The van der Waals surface area contributed by atoms with E-state index >= 15 is 4.39 Å². The summed E-state index contributed by atoms with van der Waals surface area (Å²) in [5, 5.41) is 8.96. The first-order valence-electron chi connectivity index (χ1n) is 9.97. The summed E-state index contributed by atoms with van der Waals surface area (Å²) in [5.41, 5.74) is 2.55. The highest BCUT2D eigenvalue weighted by atomic mass is 19.1. The number of benzene rings is 2. The zero-order valence-corrected chi connectivity index (χ0v) is 17.3. The molecule has 2 heterocycles. The molecule has 8 heteroatoms. The molecule has 2 aromatic rings. The summed E-state index contributed by atoms with van der Waals surface area (Å²) in [6, 6.07) is 5.69. The van der Waals surface area contributed by atoms with Gasteiger partial charge in [0.15, 0.2) is 11.5 Å². The Morgan fingerprint density at radius 3 is 2.40 bits per heavy atom. The van der Waals surface area contributed by atoms with Gasteiger partial charge in [0.1, 0.15) is 5.82 Å². The molecule has 0 radical (unpaired) electrons. The maximum Gasteiger partial charge on any atom is 0.320 e. The van der Waals surface area contributed by atoms with Gasteiger partial charge in [-0.3, -0.25) is 0 Å². The molecule has 0 aliphatic carbocycles. The second kappa shape index (κ2) is 8.39. The number of fused-ring (bicyclic) bond motifs is 1. The number of carbonyl (C=O) groups is 1. The van der Waals surface area contributed by atoms with Crippen molar-refractivity contribution in [3.05, 3.63) is 46.8 Å². The van der Waals surface area contributed by atoms with E-state index in [-0.39, 0.29) is 5.82 Å². The fourth-order valence-corrected chi connectivity index (χ4v) is 4.36. The van der Waals surface area contributed by atoms with E-state index in [4.69, 9.17) is 14.2 Å². The number of rotatable bonds is 5. The van der Waals surface area contributed by atoms with Crippen LogP contribution in [0.15, 0.2) is 24.3 Å². The van der Waals surface area contributed by atoms with Crippen molar-refractivity contribution in [3.8, 4) is 17.2 Å². The SMILES string of the molecule is COc1cc2c(c(OC)c1OC)C(c1cc(C3CCNCC3)ccc1F)NC(=O)N2. The highest BCUT2D eigenvalue weighted by Gasteiger charge is 2.34. The minimum Gasteiger partial charge on any atom is -0.493 e. The molecule has 2 aromatic carbocycles. The monoisotopic (exact) mass is 415 g/mol.